The van der Waals surface area contributed by atoms with Crippen LogP contribution in [0.25, 0.3) is 6.08 Å². The molecular weight excluding hydrogens is 348 g/mol. The van der Waals surface area contributed by atoms with Gasteiger partial charge in [0.25, 0.3) is 5.91 Å². The van der Waals surface area contributed by atoms with E-state index in [2.05, 4.69) is 16.4 Å². The van der Waals surface area contributed by atoms with Crippen LogP contribution in [0.2, 0.25) is 0 Å². The lowest BCUT2D eigenvalue weighted by molar-refractivity contribution is -0.115. The molecule has 0 aliphatic carbocycles. The molecule has 5 nitrogen and oxygen atoms in total. The van der Waals surface area contributed by atoms with E-state index in [-0.39, 0.29) is 5.91 Å². The molecule has 134 valence electrons. The van der Waals surface area contributed by atoms with Crippen LogP contribution in [-0.4, -0.2) is 25.3 Å². The lowest BCUT2D eigenvalue weighted by Crippen LogP contribution is -2.19. The summed E-state index contributed by atoms with van der Waals surface area (Å²) in [5.74, 6) is 1.11. The number of amides is 1. The fourth-order valence-corrected chi connectivity index (χ4v) is 3.45. The molecule has 1 N–H and O–H groups in total. The third-order valence-corrected chi connectivity index (χ3v) is 4.84. The SMILES string of the molecule is COc1ccc(C=C2SC(=Nc3ccc(C)cc3C)NC2=O)cc1OC. The molecule has 1 fully saturated rings. The smallest absolute Gasteiger partial charge is 0.264 e. The van der Waals surface area contributed by atoms with Crippen molar-refractivity contribution < 1.29 is 14.3 Å². The molecule has 1 amide bonds. The summed E-state index contributed by atoms with van der Waals surface area (Å²) >= 11 is 1.32. The predicted octanol–water partition coefficient (Wildman–Crippen LogP) is 4.21. The summed E-state index contributed by atoms with van der Waals surface area (Å²) in [6.07, 6.45) is 1.81. The number of hydrogen-bond acceptors (Lipinski definition) is 5. The minimum Gasteiger partial charge on any atom is -0.493 e. The summed E-state index contributed by atoms with van der Waals surface area (Å²) < 4.78 is 10.5. The molecule has 2 aromatic rings. The van der Waals surface area contributed by atoms with E-state index >= 15 is 0 Å². The molecule has 3 rings (SSSR count). The number of aliphatic imine (C=N–C) groups is 1. The minimum atomic E-state index is -0.159. The number of amidine groups is 1. The van der Waals surface area contributed by atoms with Gasteiger partial charge in [0.2, 0.25) is 0 Å². The van der Waals surface area contributed by atoms with E-state index in [9.17, 15) is 4.79 Å². The Morgan fingerprint density at radius 1 is 1.04 bits per heavy atom. The molecule has 2 aromatic carbocycles. The van der Waals surface area contributed by atoms with Crippen LogP contribution in [0.5, 0.6) is 11.5 Å². The van der Waals surface area contributed by atoms with Crippen molar-refractivity contribution in [2.24, 2.45) is 4.99 Å². The quantitative estimate of drug-likeness (QED) is 0.821. The van der Waals surface area contributed by atoms with Gasteiger partial charge < -0.3 is 14.8 Å². The van der Waals surface area contributed by atoms with Crippen molar-refractivity contribution in [1.82, 2.24) is 5.32 Å². The number of aryl methyl sites for hydroxylation is 2. The molecule has 26 heavy (non-hydrogen) atoms. The molecule has 0 unspecified atom stereocenters. The third-order valence-electron chi connectivity index (χ3n) is 3.93. The van der Waals surface area contributed by atoms with Crippen molar-refractivity contribution >= 4 is 34.6 Å². The Balaban J connectivity index is 1.85. The van der Waals surface area contributed by atoms with Gasteiger partial charge in [-0.2, -0.15) is 0 Å². The van der Waals surface area contributed by atoms with Gasteiger partial charge >= 0.3 is 0 Å². The van der Waals surface area contributed by atoms with E-state index < -0.39 is 0 Å². The van der Waals surface area contributed by atoms with Crippen molar-refractivity contribution in [2.45, 2.75) is 13.8 Å². The third kappa shape index (κ3) is 3.91. The first-order chi connectivity index (χ1) is 12.5. The van der Waals surface area contributed by atoms with Crippen LogP contribution in [0.1, 0.15) is 16.7 Å². The molecule has 0 aromatic heterocycles. The molecule has 1 heterocycles. The Morgan fingerprint density at radius 3 is 2.50 bits per heavy atom. The second kappa shape index (κ2) is 7.66. The van der Waals surface area contributed by atoms with Crippen molar-refractivity contribution in [1.29, 1.82) is 0 Å². The summed E-state index contributed by atoms with van der Waals surface area (Å²) in [5, 5.41) is 3.39. The standard InChI is InChI=1S/C20H20N2O3S/c1-12-5-7-15(13(2)9-12)21-20-22-19(23)18(26-20)11-14-6-8-16(24-3)17(10-14)25-4/h5-11H,1-4H3,(H,21,22,23). The number of hydrogen-bond donors (Lipinski definition) is 1. The Bertz CT molecular complexity index is 919. The van der Waals surface area contributed by atoms with Gasteiger partial charge in [-0.1, -0.05) is 23.8 Å². The summed E-state index contributed by atoms with van der Waals surface area (Å²) in [6, 6.07) is 11.6. The van der Waals surface area contributed by atoms with Crippen LogP contribution < -0.4 is 14.8 Å². The molecular formula is C20H20N2O3S. The maximum Gasteiger partial charge on any atom is 0.264 e. The van der Waals surface area contributed by atoms with Crippen LogP contribution in [0.4, 0.5) is 5.69 Å². The molecule has 0 spiro atoms. The molecule has 1 saturated heterocycles. The van der Waals surface area contributed by atoms with Crippen molar-refractivity contribution in [3.05, 3.63) is 58.0 Å². The second-order valence-electron chi connectivity index (χ2n) is 5.89. The number of carbonyl (C=O) groups excluding carboxylic acids is 1. The van der Waals surface area contributed by atoms with E-state index in [1.54, 1.807) is 14.2 Å². The average molecular weight is 368 g/mol. The molecule has 0 saturated carbocycles. The van der Waals surface area contributed by atoms with Crippen molar-refractivity contribution in [2.75, 3.05) is 14.2 Å². The van der Waals surface area contributed by atoms with Crippen LogP contribution in [0.15, 0.2) is 46.3 Å². The highest BCUT2D eigenvalue weighted by atomic mass is 32.2. The monoisotopic (exact) mass is 368 g/mol. The number of carbonyl (C=O) groups is 1. The maximum absolute atomic E-state index is 12.3. The minimum absolute atomic E-state index is 0.159. The van der Waals surface area contributed by atoms with E-state index in [0.717, 1.165) is 16.8 Å². The maximum atomic E-state index is 12.3. The van der Waals surface area contributed by atoms with Crippen LogP contribution in [0.3, 0.4) is 0 Å². The van der Waals surface area contributed by atoms with Gasteiger partial charge in [0.1, 0.15) is 0 Å². The Hall–Kier alpha value is -2.73. The molecule has 0 bridgehead atoms. The second-order valence-corrected chi connectivity index (χ2v) is 6.92. The highest BCUT2D eigenvalue weighted by molar-refractivity contribution is 8.18. The molecule has 6 heteroatoms. The van der Waals surface area contributed by atoms with Gasteiger partial charge in [-0.05, 0) is 61.0 Å². The van der Waals surface area contributed by atoms with Gasteiger partial charge in [0, 0.05) is 0 Å². The lowest BCUT2D eigenvalue weighted by atomic mass is 10.1. The Kier molecular flexibility index (Phi) is 5.32. The van der Waals surface area contributed by atoms with Gasteiger partial charge in [-0.15, -0.1) is 0 Å². The number of nitrogens with one attached hydrogen (secondary N) is 1. The van der Waals surface area contributed by atoms with Crippen molar-refractivity contribution in [3.63, 3.8) is 0 Å². The van der Waals surface area contributed by atoms with E-state index in [4.69, 9.17) is 9.47 Å². The largest absolute Gasteiger partial charge is 0.493 e. The highest BCUT2D eigenvalue weighted by Gasteiger charge is 2.24. The van der Waals surface area contributed by atoms with E-state index in [1.807, 2.05) is 50.3 Å². The van der Waals surface area contributed by atoms with Gasteiger partial charge in [-0.25, -0.2) is 4.99 Å². The number of rotatable bonds is 4. The number of thioether (sulfide) groups is 1. The zero-order valence-electron chi connectivity index (χ0n) is 15.1. The van der Waals surface area contributed by atoms with E-state index in [1.165, 1.54) is 17.3 Å². The Morgan fingerprint density at radius 2 is 1.81 bits per heavy atom. The number of nitrogens with zero attached hydrogens (tertiary/aromatic N) is 1. The molecule has 1 aliphatic heterocycles. The van der Waals surface area contributed by atoms with Gasteiger partial charge in [0.15, 0.2) is 16.7 Å². The predicted molar refractivity (Wildman–Crippen MR) is 106 cm³/mol. The number of benzene rings is 2. The number of ether oxygens (including phenoxy) is 2. The van der Waals surface area contributed by atoms with Gasteiger partial charge in [0.05, 0.1) is 24.8 Å². The van der Waals surface area contributed by atoms with Gasteiger partial charge in [-0.3, -0.25) is 4.79 Å². The fraction of sp³-hybridized carbons (Fsp3) is 0.200. The summed E-state index contributed by atoms with van der Waals surface area (Å²) in [6.45, 7) is 4.05. The zero-order chi connectivity index (χ0) is 18.7. The Labute approximate surface area is 157 Å². The first-order valence-electron chi connectivity index (χ1n) is 8.09. The summed E-state index contributed by atoms with van der Waals surface area (Å²) in [4.78, 5) is 17.4. The normalized spacial score (nSPS) is 16.8. The highest BCUT2D eigenvalue weighted by Crippen LogP contribution is 2.32. The van der Waals surface area contributed by atoms with Crippen molar-refractivity contribution in [3.8, 4) is 11.5 Å². The average Bonchev–Trinajstić information content (AvgIpc) is 2.96. The topological polar surface area (TPSA) is 59.9 Å². The summed E-state index contributed by atoms with van der Waals surface area (Å²) in [5.41, 5.74) is 3.96. The van der Waals surface area contributed by atoms with Crippen LogP contribution >= 0.6 is 11.8 Å². The van der Waals surface area contributed by atoms with Crippen LogP contribution in [-0.2, 0) is 4.79 Å². The first kappa shape index (κ1) is 18.1. The number of methoxy groups -OCH3 is 2. The molecule has 0 radical (unpaired) electrons. The van der Waals surface area contributed by atoms with E-state index in [0.29, 0.717) is 21.6 Å². The molecule has 1 aliphatic rings. The first-order valence-corrected chi connectivity index (χ1v) is 8.90. The lowest BCUT2D eigenvalue weighted by Gasteiger charge is -2.07. The fourth-order valence-electron chi connectivity index (χ4n) is 2.61. The van der Waals surface area contributed by atoms with Crippen LogP contribution in [0, 0.1) is 13.8 Å². The zero-order valence-corrected chi connectivity index (χ0v) is 15.9. The summed E-state index contributed by atoms with van der Waals surface area (Å²) in [7, 11) is 3.17. The molecule has 0 atom stereocenters.